The summed E-state index contributed by atoms with van der Waals surface area (Å²) < 4.78 is 6.12. The summed E-state index contributed by atoms with van der Waals surface area (Å²) in [7, 11) is 1.70. The Kier molecular flexibility index (Phi) is 14.0. The zero-order valence-corrected chi connectivity index (χ0v) is 26.2. The number of allylic oxidation sites excluding steroid dienone is 1. The van der Waals surface area contributed by atoms with Gasteiger partial charge in [-0.1, -0.05) is 65.0 Å². The van der Waals surface area contributed by atoms with Gasteiger partial charge < -0.3 is 15.5 Å². The van der Waals surface area contributed by atoms with Gasteiger partial charge in [0.05, 0.1) is 5.70 Å². The minimum Gasteiger partial charge on any atom is -0.488 e. The lowest BCUT2D eigenvalue weighted by atomic mass is 9.92. The molecule has 2 unspecified atom stereocenters. The summed E-state index contributed by atoms with van der Waals surface area (Å²) in [5.41, 5.74) is 5.93. The first kappa shape index (κ1) is 33.2. The maximum absolute atomic E-state index is 13.1. The van der Waals surface area contributed by atoms with E-state index in [2.05, 4.69) is 36.6 Å². The lowest BCUT2D eigenvalue weighted by Crippen LogP contribution is -2.42. The number of carbonyl (C=O) groups excluding carboxylic acids is 2. The number of hydrazone groups is 1. The fourth-order valence-electron chi connectivity index (χ4n) is 4.16. The van der Waals surface area contributed by atoms with Gasteiger partial charge in [-0.2, -0.15) is 5.10 Å². The molecule has 9 heteroatoms. The third-order valence-corrected chi connectivity index (χ3v) is 7.78. The molecule has 0 radical (unpaired) electrons. The molecule has 0 aliphatic heterocycles. The van der Waals surface area contributed by atoms with Crippen LogP contribution in [0.15, 0.2) is 75.3 Å². The second-order valence-electron chi connectivity index (χ2n) is 10.1. The number of aliphatic imine (C=N–C) groups is 1. The lowest BCUT2D eigenvalue weighted by Gasteiger charge is -2.26. The highest BCUT2D eigenvalue weighted by molar-refractivity contribution is 8.24. The monoisotopic (exact) mass is 582 g/mol. The van der Waals surface area contributed by atoms with Crippen molar-refractivity contribution < 1.29 is 14.3 Å². The third-order valence-electron chi connectivity index (χ3n) is 6.24. The molecule has 0 heterocycles. The van der Waals surface area contributed by atoms with E-state index >= 15 is 0 Å². The van der Waals surface area contributed by atoms with Crippen LogP contribution in [0.5, 0.6) is 5.75 Å². The fourth-order valence-corrected chi connectivity index (χ4v) is 5.64. The van der Waals surface area contributed by atoms with Crippen LogP contribution < -0.4 is 15.5 Å². The summed E-state index contributed by atoms with van der Waals surface area (Å²) in [4.78, 5) is 30.1. The summed E-state index contributed by atoms with van der Waals surface area (Å²) in [6.07, 6.45) is 5.37. The van der Waals surface area contributed by atoms with Gasteiger partial charge in [0.2, 0.25) is 0 Å². The van der Waals surface area contributed by atoms with Gasteiger partial charge in [0.1, 0.15) is 17.4 Å². The van der Waals surface area contributed by atoms with Crippen molar-refractivity contribution in [1.82, 2.24) is 10.7 Å². The highest BCUT2D eigenvalue weighted by Gasteiger charge is 2.26. The number of amides is 1. The molecule has 0 saturated heterocycles. The Balaban J connectivity index is 2.15. The number of ether oxygens (including phenoxy) is 1. The summed E-state index contributed by atoms with van der Waals surface area (Å²) >= 11 is 2.67. The van der Waals surface area contributed by atoms with Crippen LogP contribution in [0.1, 0.15) is 63.4 Å². The van der Waals surface area contributed by atoms with Gasteiger partial charge in [-0.25, -0.2) is 0 Å². The zero-order chi connectivity index (χ0) is 29.5. The van der Waals surface area contributed by atoms with Gasteiger partial charge in [-0.3, -0.25) is 14.6 Å². The molecule has 7 nitrogen and oxygen atoms in total. The van der Waals surface area contributed by atoms with Gasteiger partial charge in [0.15, 0.2) is 5.62 Å². The van der Waals surface area contributed by atoms with Crippen LogP contribution >= 0.6 is 23.5 Å². The van der Waals surface area contributed by atoms with E-state index in [0.717, 1.165) is 40.0 Å². The van der Waals surface area contributed by atoms with E-state index in [1.165, 1.54) is 0 Å². The summed E-state index contributed by atoms with van der Waals surface area (Å²) in [6.45, 7) is 10.9. The van der Waals surface area contributed by atoms with Crippen LogP contribution in [-0.4, -0.2) is 48.7 Å². The lowest BCUT2D eigenvalue weighted by molar-refractivity contribution is 0.0928. The van der Waals surface area contributed by atoms with Crippen LogP contribution in [0, 0.1) is 11.3 Å². The van der Waals surface area contributed by atoms with Crippen LogP contribution in [0.4, 0.5) is 0 Å². The van der Waals surface area contributed by atoms with Crippen molar-refractivity contribution >= 4 is 46.3 Å². The Hall–Kier alpha value is -3.04. The second kappa shape index (κ2) is 16.9. The first-order chi connectivity index (χ1) is 19.2. The molecule has 2 rings (SSSR count). The van der Waals surface area contributed by atoms with Crippen molar-refractivity contribution in [3.05, 3.63) is 76.3 Å². The summed E-state index contributed by atoms with van der Waals surface area (Å²) in [6, 6.07) is 17.0. The van der Waals surface area contributed by atoms with Crippen molar-refractivity contribution in [2.75, 3.05) is 19.9 Å². The summed E-state index contributed by atoms with van der Waals surface area (Å²) in [5.74, 6) is 0.428. The number of thioether (sulfide) groups is 2. The molecule has 2 atom stereocenters. The van der Waals surface area contributed by atoms with Gasteiger partial charge in [0.25, 0.3) is 5.91 Å². The smallest absolute Gasteiger partial charge is 0.251 e. The van der Waals surface area contributed by atoms with Gasteiger partial charge in [-0.05, 0) is 60.7 Å². The SMILES string of the molecule is CCC(NC(=O)c1ccc(OC/C(SC)=C(/N=Cc2ccccc2)C(C)(C)C)cc1)C(CC)/C(=N/NC)SC=O. The highest BCUT2D eigenvalue weighted by Crippen LogP contribution is 2.33. The number of hydrogen-bond donors (Lipinski definition) is 2. The fraction of sp³-hybridized carbons (Fsp3) is 0.419. The van der Waals surface area contributed by atoms with Crippen LogP contribution in [0.3, 0.4) is 0 Å². The van der Waals surface area contributed by atoms with E-state index in [1.54, 1.807) is 30.9 Å². The van der Waals surface area contributed by atoms with Crippen molar-refractivity contribution in [2.45, 2.75) is 53.5 Å². The van der Waals surface area contributed by atoms with E-state index in [1.807, 2.05) is 68.8 Å². The van der Waals surface area contributed by atoms with Gasteiger partial charge in [0, 0.05) is 41.1 Å². The first-order valence-electron chi connectivity index (χ1n) is 13.4. The van der Waals surface area contributed by atoms with E-state index in [4.69, 9.17) is 9.73 Å². The van der Waals surface area contributed by atoms with Crippen LogP contribution in [0.2, 0.25) is 0 Å². The molecule has 0 aliphatic carbocycles. The Labute approximate surface area is 247 Å². The number of carbonyl (C=O) groups is 2. The molecule has 0 aliphatic rings. The Morgan fingerprint density at radius 1 is 1.05 bits per heavy atom. The molecule has 0 spiro atoms. The maximum Gasteiger partial charge on any atom is 0.251 e. The van der Waals surface area contributed by atoms with Crippen molar-refractivity contribution in [2.24, 2.45) is 21.4 Å². The molecule has 2 N–H and O–H groups in total. The highest BCUT2D eigenvalue weighted by atomic mass is 32.2. The molecule has 2 aromatic rings. The van der Waals surface area contributed by atoms with Crippen molar-refractivity contribution in [3.63, 3.8) is 0 Å². The zero-order valence-electron chi connectivity index (χ0n) is 24.6. The number of nitrogens with one attached hydrogen (secondary N) is 2. The van der Waals surface area contributed by atoms with Crippen LogP contribution in [0.25, 0.3) is 0 Å². The van der Waals surface area contributed by atoms with Crippen molar-refractivity contribution in [1.29, 1.82) is 0 Å². The number of benzene rings is 2. The standard InChI is InChI=1S/C31H42N4O3S2/c1-8-25(30(35-32-6)40-21-36)26(9-2)34-29(37)23-15-17-24(18-16-23)38-20-27(39-7)28(31(3,4)5)33-19-22-13-11-10-12-14-22/h10-19,21,25-26,32H,8-9,20H2,1-7H3,(H,34,37)/b28-27-,33-19?,35-30-. The van der Waals surface area contributed by atoms with Gasteiger partial charge >= 0.3 is 0 Å². The molecular formula is C31H42N4O3S2. The Bertz CT molecular complexity index is 1170. The molecule has 1 amide bonds. The minimum atomic E-state index is -0.174. The number of nitrogens with zero attached hydrogens (tertiary/aromatic N) is 2. The maximum atomic E-state index is 13.1. The predicted octanol–water partition coefficient (Wildman–Crippen LogP) is 6.80. The summed E-state index contributed by atoms with van der Waals surface area (Å²) in [5, 5.41) is 8.05. The van der Waals surface area contributed by atoms with Crippen LogP contribution in [-0.2, 0) is 4.79 Å². The van der Waals surface area contributed by atoms with E-state index in [0.29, 0.717) is 29.4 Å². The normalized spacial score (nSPS) is 14.3. The van der Waals surface area contributed by atoms with E-state index < -0.39 is 0 Å². The molecule has 0 fully saturated rings. The Morgan fingerprint density at radius 3 is 2.25 bits per heavy atom. The average molecular weight is 583 g/mol. The topological polar surface area (TPSA) is 92.2 Å². The molecule has 216 valence electrons. The largest absolute Gasteiger partial charge is 0.488 e. The predicted molar refractivity (Wildman–Crippen MR) is 172 cm³/mol. The molecule has 0 aromatic heterocycles. The third kappa shape index (κ3) is 10.2. The van der Waals surface area contributed by atoms with Crippen molar-refractivity contribution in [3.8, 4) is 5.75 Å². The Morgan fingerprint density at radius 2 is 1.73 bits per heavy atom. The van der Waals surface area contributed by atoms with E-state index in [-0.39, 0.29) is 23.3 Å². The number of rotatable bonds is 14. The molecule has 0 saturated carbocycles. The molecular weight excluding hydrogens is 541 g/mol. The molecule has 2 aromatic carbocycles. The average Bonchev–Trinajstić information content (AvgIpc) is 2.94. The first-order valence-corrected chi connectivity index (χ1v) is 15.5. The second-order valence-corrected chi connectivity index (χ2v) is 11.8. The number of hydrogen-bond acceptors (Lipinski definition) is 8. The molecule has 40 heavy (non-hydrogen) atoms. The van der Waals surface area contributed by atoms with Gasteiger partial charge in [-0.15, -0.1) is 11.8 Å². The minimum absolute atomic E-state index is 0.0717. The quantitative estimate of drug-likeness (QED) is 0.110. The van der Waals surface area contributed by atoms with E-state index in [9.17, 15) is 9.59 Å². The molecule has 0 bridgehead atoms.